The molecule has 0 spiro atoms. The number of hydrogen-bond acceptors (Lipinski definition) is 3. The molecule has 4 nitrogen and oxygen atoms in total. The lowest BCUT2D eigenvalue weighted by Gasteiger charge is -2.11. The molecule has 0 amide bonds. The van der Waals surface area contributed by atoms with Crippen molar-refractivity contribution in [3.63, 3.8) is 0 Å². The van der Waals surface area contributed by atoms with E-state index in [-0.39, 0.29) is 18.0 Å². The first kappa shape index (κ1) is 11.3. The maximum Gasteiger partial charge on any atom is 0.209 e. The molecule has 2 rings (SSSR count). The Kier molecular flexibility index (Phi) is 3.39. The van der Waals surface area contributed by atoms with Crippen molar-refractivity contribution in [3.8, 4) is 0 Å². The molecular formula is C12H18N2O2. The summed E-state index contributed by atoms with van der Waals surface area (Å²) < 4.78 is 7.36. The van der Waals surface area contributed by atoms with Crippen molar-refractivity contribution in [2.45, 2.75) is 51.9 Å². The first-order chi connectivity index (χ1) is 7.72. The third kappa shape index (κ3) is 2.16. The molecule has 1 aromatic heterocycles. The third-order valence-electron chi connectivity index (χ3n) is 2.93. The van der Waals surface area contributed by atoms with Gasteiger partial charge in [0.15, 0.2) is 0 Å². The number of aryl methyl sites for hydroxylation is 1. The Morgan fingerprint density at radius 3 is 3.06 bits per heavy atom. The summed E-state index contributed by atoms with van der Waals surface area (Å²) in [6.07, 6.45) is 4.40. The molecule has 1 aliphatic rings. The van der Waals surface area contributed by atoms with Crippen LogP contribution in [0.3, 0.4) is 0 Å². The molecule has 0 radical (unpaired) electrons. The van der Waals surface area contributed by atoms with Crippen LogP contribution in [0.1, 0.15) is 43.6 Å². The van der Waals surface area contributed by atoms with Crippen molar-refractivity contribution in [3.05, 3.63) is 18.0 Å². The van der Waals surface area contributed by atoms with E-state index in [0.717, 1.165) is 25.8 Å². The molecule has 0 bridgehead atoms. The number of nitrogens with zero attached hydrogens (tertiary/aromatic N) is 2. The SMILES string of the molecule is CCCn1nccc1C(=O)C1CCC(C)O1. The summed E-state index contributed by atoms with van der Waals surface area (Å²) >= 11 is 0. The first-order valence-corrected chi connectivity index (χ1v) is 5.94. The predicted molar refractivity (Wildman–Crippen MR) is 60.4 cm³/mol. The number of carbonyl (C=O) groups is 1. The van der Waals surface area contributed by atoms with E-state index in [1.807, 2.05) is 6.92 Å². The minimum absolute atomic E-state index is 0.0790. The Balaban J connectivity index is 2.11. The van der Waals surface area contributed by atoms with E-state index in [0.29, 0.717) is 5.69 Å². The monoisotopic (exact) mass is 222 g/mol. The van der Waals surface area contributed by atoms with Crippen molar-refractivity contribution >= 4 is 5.78 Å². The van der Waals surface area contributed by atoms with Crippen molar-refractivity contribution in [1.29, 1.82) is 0 Å². The normalized spacial score (nSPS) is 24.9. The number of hydrogen-bond donors (Lipinski definition) is 0. The van der Waals surface area contributed by atoms with Crippen LogP contribution >= 0.6 is 0 Å². The first-order valence-electron chi connectivity index (χ1n) is 5.94. The Bertz CT molecular complexity index is 373. The molecule has 2 atom stereocenters. The summed E-state index contributed by atoms with van der Waals surface area (Å²) in [6.45, 7) is 4.87. The lowest BCUT2D eigenvalue weighted by molar-refractivity contribution is 0.0424. The number of ether oxygens (including phenoxy) is 1. The molecule has 4 heteroatoms. The molecule has 1 aromatic rings. The van der Waals surface area contributed by atoms with Crippen molar-refractivity contribution < 1.29 is 9.53 Å². The zero-order valence-corrected chi connectivity index (χ0v) is 9.85. The summed E-state index contributed by atoms with van der Waals surface area (Å²) in [6, 6.07) is 1.78. The molecule has 2 heterocycles. The molecule has 1 aliphatic heterocycles. The van der Waals surface area contributed by atoms with Gasteiger partial charge in [-0.05, 0) is 32.3 Å². The highest BCUT2D eigenvalue weighted by Crippen LogP contribution is 2.22. The summed E-state index contributed by atoms with van der Waals surface area (Å²) in [5.41, 5.74) is 0.681. The zero-order valence-electron chi connectivity index (χ0n) is 9.85. The molecule has 1 fully saturated rings. The highest BCUT2D eigenvalue weighted by molar-refractivity contribution is 5.98. The lowest BCUT2D eigenvalue weighted by Crippen LogP contribution is -2.24. The summed E-state index contributed by atoms with van der Waals surface area (Å²) in [5.74, 6) is 0.0790. The van der Waals surface area contributed by atoms with Crippen molar-refractivity contribution in [2.75, 3.05) is 0 Å². The van der Waals surface area contributed by atoms with Gasteiger partial charge in [0.1, 0.15) is 11.8 Å². The third-order valence-corrected chi connectivity index (χ3v) is 2.93. The van der Waals surface area contributed by atoms with Crippen LogP contribution < -0.4 is 0 Å². The van der Waals surface area contributed by atoms with Crippen LogP contribution in [-0.2, 0) is 11.3 Å². The topological polar surface area (TPSA) is 44.1 Å². The van der Waals surface area contributed by atoms with E-state index >= 15 is 0 Å². The second-order valence-corrected chi connectivity index (χ2v) is 4.32. The highest BCUT2D eigenvalue weighted by Gasteiger charge is 2.30. The average Bonchev–Trinajstić information content (AvgIpc) is 2.87. The number of ketones is 1. The van der Waals surface area contributed by atoms with Crippen LogP contribution in [0.5, 0.6) is 0 Å². The Labute approximate surface area is 95.6 Å². The van der Waals surface area contributed by atoms with Crippen LogP contribution in [0, 0.1) is 0 Å². The van der Waals surface area contributed by atoms with Gasteiger partial charge in [-0.25, -0.2) is 0 Å². The summed E-state index contributed by atoms with van der Waals surface area (Å²) in [5, 5.41) is 4.16. The van der Waals surface area contributed by atoms with Crippen LogP contribution in [0.4, 0.5) is 0 Å². The fourth-order valence-corrected chi connectivity index (χ4v) is 2.09. The molecule has 0 saturated carbocycles. The molecule has 0 N–H and O–H groups in total. The minimum atomic E-state index is -0.262. The number of rotatable bonds is 4. The number of aromatic nitrogens is 2. The largest absolute Gasteiger partial charge is 0.367 e. The highest BCUT2D eigenvalue weighted by atomic mass is 16.5. The molecule has 1 saturated heterocycles. The van der Waals surface area contributed by atoms with Crippen molar-refractivity contribution in [1.82, 2.24) is 9.78 Å². The van der Waals surface area contributed by atoms with E-state index < -0.39 is 0 Å². The molecule has 0 aliphatic carbocycles. The number of Topliss-reactive ketones (excluding diaryl/α,β-unsaturated/α-hetero) is 1. The van der Waals surface area contributed by atoms with E-state index in [1.165, 1.54) is 0 Å². The maximum absolute atomic E-state index is 12.2. The predicted octanol–water partition coefficient (Wildman–Crippen LogP) is 2.04. The van der Waals surface area contributed by atoms with E-state index in [2.05, 4.69) is 12.0 Å². The zero-order chi connectivity index (χ0) is 11.5. The van der Waals surface area contributed by atoms with E-state index in [4.69, 9.17) is 4.74 Å². The lowest BCUT2D eigenvalue weighted by atomic mass is 10.1. The van der Waals surface area contributed by atoms with Gasteiger partial charge in [-0.15, -0.1) is 0 Å². The van der Waals surface area contributed by atoms with Crippen molar-refractivity contribution in [2.24, 2.45) is 0 Å². The minimum Gasteiger partial charge on any atom is -0.367 e. The van der Waals surface area contributed by atoms with E-state index in [9.17, 15) is 4.79 Å². The van der Waals surface area contributed by atoms with Gasteiger partial charge in [0.2, 0.25) is 5.78 Å². The van der Waals surface area contributed by atoms with Crippen LogP contribution in [0.25, 0.3) is 0 Å². The maximum atomic E-state index is 12.2. The molecule has 88 valence electrons. The second-order valence-electron chi connectivity index (χ2n) is 4.32. The smallest absolute Gasteiger partial charge is 0.209 e. The molecule has 2 unspecified atom stereocenters. The average molecular weight is 222 g/mol. The Morgan fingerprint density at radius 2 is 2.44 bits per heavy atom. The van der Waals surface area contributed by atoms with E-state index in [1.54, 1.807) is 16.9 Å². The van der Waals surface area contributed by atoms with Crippen LogP contribution in [0.15, 0.2) is 12.3 Å². The number of carbonyl (C=O) groups excluding carboxylic acids is 1. The Hall–Kier alpha value is -1.16. The standard InChI is InChI=1S/C12H18N2O2/c1-3-8-14-10(6-7-13-14)12(15)11-5-4-9(2)16-11/h6-7,9,11H,3-5,8H2,1-2H3. The fraction of sp³-hybridized carbons (Fsp3) is 0.667. The second kappa shape index (κ2) is 4.78. The summed E-state index contributed by atoms with van der Waals surface area (Å²) in [7, 11) is 0. The van der Waals surface area contributed by atoms with Gasteiger partial charge >= 0.3 is 0 Å². The van der Waals surface area contributed by atoms with Gasteiger partial charge < -0.3 is 4.74 Å². The van der Waals surface area contributed by atoms with Gasteiger partial charge in [-0.1, -0.05) is 6.92 Å². The fourth-order valence-electron chi connectivity index (χ4n) is 2.09. The van der Waals surface area contributed by atoms with Crippen LogP contribution in [0.2, 0.25) is 0 Å². The Morgan fingerprint density at radius 1 is 1.62 bits per heavy atom. The quantitative estimate of drug-likeness (QED) is 0.732. The van der Waals surface area contributed by atoms with Gasteiger partial charge in [-0.2, -0.15) is 5.10 Å². The molecule has 16 heavy (non-hydrogen) atoms. The molecule has 0 aromatic carbocycles. The van der Waals surface area contributed by atoms with Gasteiger partial charge in [0, 0.05) is 12.7 Å². The van der Waals surface area contributed by atoms with Gasteiger partial charge in [0.25, 0.3) is 0 Å². The van der Waals surface area contributed by atoms with Gasteiger partial charge in [0.05, 0.1) is 6.10 Å². The summed E-state index contributed by atoms with van der Waals surface area (Å²) in [4.78, 5) is 12.2. The van der Waals surface area contributed by atoms with Crippen LogP contribution in [-0.4, -0.2) is 27.8 Å². The molecular weight excluding hydrogens is 204 g/mol. The van der Waals surface area contributed by atoms with Gasteiger partial charge in [-0.3, -0.25) is 9.48 Å².